The van der Waals surface area contributed by atoms with Crippen molar-refractivity contribution in [2.75, 3.05) is 0 Å². The average Bonchev–Trinajstić information content (AvgIpc) is 2.19. The summed E-state index contributed by atoms with van der Waals surface area (Å²) in [7, 11) is 0. The summed E-state index contributed by atoms with van der Waals surface area (Å²) < 4.78 is 0. The van der Waals surface area contributed by atoms with Crippen molar-refractivity contribution in [3.8, 4) is 0 Å². The van der Waals surface area contributed by atoms with Gasteiger partial charge in [-0.25, -0.2) is 0 Å². The van der Waals surface area contributed by atoms with Crippen LogP contribution in [0.25, 0.3) is 0 Å². The fourth-order valence-electron chi connectivity index (χ4n) is 1.79. The fourth-order valence-corrected chi connectivity index (χ4v) is 1.79. The highest BCUT2D eigenvalue weighted by Gasteiger charge is 2.14. The molecule has 0 N–H and O–H groups in total. The third kappa shape index (κ3) is 3.19. The van der Waals surface area contributed by atoms with E-state index in [0.717, 1.165) is 12.7 Å². The maximum absolute atomic E-state index is 10.6. The van der Waals surface area contributed by atoms with Crippen LogP contribution in [-0.2, 0) is 16.6 Å². The molecule has 0 fully saturated rings. The van der Waals surface area contributed by atoms with Crippen molar-refractivity contribution < 1.29 is 4.79 Å². The van der Waals surface area contributed by atoms with E-state index in [2.05, 4.69) is 45.9 Å². The molecule has 0 saturated heterocycles. The van der Waals surface area contributed by atoms with Crippen LogP contribution in [0.2, 0.25) is 0 Å². The first-order valence-electron chi connectivity index (χ1n) is 5.90. The Morgan fingerprint density at radius 3 is 2.38 bits per heavy atom. The molecule has 0 aliphatic carbocycles. The van der Waals surface area contributed by atoms with Crippen molar-refractivity contribution in [2.24, 2.45) is 5.92 Å². The predicted octanol–water partition coefficient (Wildman–Crippen LogP) is 3.67. The number of aryl methyl sites for hydroxylation is 1. The summed E-state index contributed by atoms with van der Waals surface area (Å²) in [5, 5.41) is 0. The standard InChI is InChI=1S/C15H22O/c1-11(10-16)8-13-6-7-14(9-12(13)2)15(3,4)5/h6-7,9-11H,8H2,1-5H3/t11-/m1/s1. The number of rotatable bonds is 3. The van der Waals surface area contributed by atoms with Crippen LogP contribution in [0.4, 0.5) is 0 Å². The van der Waals surface area contributed by atoms with Gasteiger partial charge in [0.05, 0.1) is 0 Å². The summed E-state index contributed by atoms with van der Waals surface area (Å²) in [4.78, 5) is 10.6. The van der Waals surface area contributed by atoms with Crippen molar-refractivity contribution in [2.45, 2.75) is 46.5 Å². The van der Waals surface area contributed by atoms with Crippen LogP contribution in [0.15, 0.2) is 18.2 Å². The maximum Gasteiger partial charge on any atom is 0.123 e. The molecule has 1 atom stereocenters. The molecule has 88 valence electrons. The second kappa shape index (κ2) is 4.82. The molecule has 1 aromatic carbocycles. The SMILES string of the molecule is Cc1cc(C(C)(C)C)ccc1C[C@@H](C)C=O. The van der Waals surface area contributed by atoms with Gasteiger partial charge in [0.1, 0.15) is 6.29 Å². The Kier molecular flexibility index (Phi) is 3.90. The Balaban J connectivity index is 2.96. The van der Waals surface area contributed by atoms with Crippen molar-refractivity contribution in [1.29, 1.82) is 0 Å². The highest BCUT2D eigenvalue weighted by molar-refractivity contribution is 5.54. The molecule has 0 heterocycles. The monoisotopic (exact) mass is 218 g/mol. The molecule has 0 amide bonds. The highest BCUT2D eigenvalue weighted by Crippen LogP contribution is 2.25. The Hall–Kier alpha value is -1.11. The molecule has 0 spiro atoms. The predicted molar refractivity (Wildman–Crippen MR) is 68.8 cm³/mol. The van der Waals surface area contributed by atoms with Gasteiger partial charge in [-0.15, -0.1) is 0 Å². The van der Waals surface area contributed by atoms with Crippen molar-refractivity contribution in [1.82, 2.24) is 0 Å². The second-order valence-corrected chi connectivity index (χ2v) is 5.71. The molecule has 0 radical (unpaired) electrons. The Bertz CT molecular complexity index is 372. The number of aldehydes is 1. The average molecular weight is 218 g/mol. The first kappa shape index (κ1) is 13.0. The molecule has 0 aliphatic heterocycles. The van der Waals surface area contributed by atoms with Gasteiger partial charge in [0.2, 0.25) is 0 Å². The summed E-state index contributed by atoms with van der Waals surface area (Å²) >= 11 is 0. The van der Waals surface area contributed by atoms with E-state index in [4.69, 9.17) is 0 Å². The zero-order valence-corrected chi connectivity index (χ0v) is 11.0. The van der Waals surface area contributed by atoms with Crippen LogP contribution in [0.1, 0.15) is 44.4 Å². The van der Waals surface area contributed by atoms with Crippen molar-refractivity contribution in [3.63, 3.8) is 0 Å². The Labute approximate surface area is 98.9 Å². The van der Waals surface area contributed by atoms with Crippen LogP contribution in [-0.4, -0.2) is 6.29 Å². The van der Waals surface area contributed by atoms with E-state index in [9.17, 15) is 4.79 Å². The van der Waals surface area contributed by atoms with Crippen molar-refractivity contribution in [3.05, 3.63) is 34.9 Å². The van der Waals surface area contributed by atoms with Crippen LogP contribution in [0, 0.1) is 12.8 Å². The molecule has 0 bridgehead atoms. The van der Waals surface area contributed by atoms with Crippen LogP contribution < -0.4 is 0 Å². The molecular formula is C15H22O. The van der Waals surface area contributed by atoms with Gasteiger partial charge >= 0.3 is 0 Å². The molecule has 1 rings (SSSR count). The minimum atomic E-state index is 0.110. The summed E-state index contributed by atoms with van der Waals surface area (Å²) in [5.41, 5.74) is 4.13. The first-order chi connectivity index (χ1) is 7.34. The maximum atomic E-state index is 10.6. The topological polar surface area (TPSA) is 17.1 Å². The third-order valence-electron chi connectivity index (χ3n) is 2.98. The quantitative estimate of drug-likeness (QED) is 0.707. The molecule has 0 aliphatic rings. The van der Waals surface area contributed by atoms with Gasteiger partial charge in [-0.1, -0.05) is 45.9 Å². The van der Waals surface area contributed by atoms with Gasteiger partial charge in [0, 0.05) is 5.92 Å². The number of hydrogen-bond donors (Lipinski definition) is 0. The third-order valence-corrected chi connectivity index (χ3v) is 2.98. The lowest BCUT2D eigenvalue weighted by Crippen LogP contribution is -2.12. The molecule has 16 heavy (non-hydrogen) atoms. The Morgan fingerprint density at radius 2 is 1.94 bits per heavy atom. The van der Waals surface area contributed by atoms with Crippen LogP contribution in [0.5, 0.6) is 0 Å². The zero-order chi connectivity index (χ0) is 12.3. The number of carbonyl (C=O) groups excluding carboxylic acids is 1. The van der Waals surface area contributed by atoms with Gasteiger partial charge < -0.3 is 4.79 Å². The normalized spacial score (nSPS) is 13.6. The summed E-state index contributed by atoms with van der Waals surface area (Å²) in [6.07, 6.45) is 1.87. The molecule has 0 aromatic heterocycles. The first-order valence-corrected chi connectivity index (χ1v) is 5.90. The zero-order valence-electron chi connectivity index (χ0n) is 11.0. The highest BCUT2D eigenvalue weighted by atomic mass is 16.1. The van der Waals surface area contributed by atoms with E-state index in [1.807, 2.05) is 6.92 Å². The van der Waals surface area contributed by atoms with Crippen molar-refractivity contribution >= 4 is 6.29 Å². The molecule has 0 saturated carbocycles. The van der Waals surface area contributed by atoms with E-state index in [1.54, 1.807) is 0 Å². The van der Waals surface area contributed by atoms with E-state index in [1.165, 1.54) is 16.7 Å². The minimum Gasteiger partial charge on any atom is -0.303 e. The van der Waals surface area contributed by atoms with Gasteiger partial charge in [-0.05, 0) is 35.4 Å². The molecular weight excluding hydrogens is 196 g/mol. The van der Waals surface area contributed by atoms with Gasteiger partial charge in [-0.3, -0.25) is 0 Å². The van der Waals surface area contributed by atoms with Gasteiger partial charge in [-0.2, -0.15) is 0 Å². The molecule has 1 nitrogen and oxygen atoms in total. The summed E-state index contributed by atoms with van der Waals surface area (Å²) in [6, 6.07) is 6.59. The van der Waals surface area contributed by atoms with E-state index < -0.39 is 0 Å². The molecule has 1 heteroatoms. The number of carbonyl (C=O) groups is 1. The van der Waals surface area contributed by atoms with E-state index in [0.29, 0.717) is 0 Å². The minimum absolute atomic E-state index is 0.110. The lowest BCUT2D eigenvalue weighted by atomic mass is 9.84. The smallest absolute Gasteiger partial charge is 0.123 e. The second-order valence-electron chi connectivity index (χ2n) is 5.71. The lowest BCUT2D eigenvalue weighted by molar-refractivity contribution is -0.110. The van der Waals surface area contributed by atoms with E-state index >= 15 is 0 Å². The lowest BCUT2D eigenvalue weighted by Gasteiger charge is -2.20. The number of benzene rings is 1. The Morgan fingerprint density at radius 1 is 1.31 bits per heavy atom. The molecule has 0 unspecified atom stereocenters. The fraction of sp³-hybridized carbons (Fsp3) is 0.533. The summed E-state index contributed by atoms with van der Waals surface area (Å²) in [6.45, 7) is 10.7. The van der Waals surface area contributed by atoms with Crippen LogP contribution in [0.3, 0.4) is 0 Å². The summed E-state index contributed by atoms with van der Waals surface area (Å²) in [5.74, 6) is 0.110. The number of hydrogen-bond acceptors (Lipinski definition) is 1. The van der Waals surface area contributed by atoms with Gasteiger partial charge in [0.25, 0.3) is 0 Å². The van der Waals surface area contributed by atoms with Crippen LogP contribution >= 0.6 is 0 Å². The van der Waals surface area contributed by atoms with Gasteiger partial charge in [0.15, 0.2) is 0 Å². The molecule has 1 aromatic rings. The van der Waals surface area contributed by atoms with E-state index in [-0.39, 0.29) is 11.3 Å². The largest absolute Gasteiger partial charge is 0.303 e.